The Bertz CT molecular complexity index is 2270. The van der Waals surface area contributed by atoms with Crippen molar-refractivity contribution in [2.24, 2.45) is 0 Å². The zero-order chi connectivity index (χ0) is 39.0. The quantitative estimate of drug-likeness (QED) is 0.0630. The molecular weight excluding hydrogens is 711 g/mol. The zero-order valence-electron chi connectivity index (χ0n) is 31.5. The number of ether oxygens (including phenoxy) is 2. The van der Waals surface area contributed by atoms with Gasteiger partial charge in [0.1, 0.15) is 36.1 Å². The second kappa shape index (κ2) is 15.5. The summed E-state index contributed by atoms with van der Waals surface area (Å²) >= 11 is 0. The number of hydrogen-bond acceptors (Lipinski definition) is 8. The summed E-state index contributed by atoms with van der Waals surface area (Å²) in [5.74, 6) is -0.141. The Balaban J connectivity index is 0.816. The van der Waals surface area contributed by atoms with E-state index in [0.717, 1.165) is 39.6 Å². The molecule has 3 saturated heterocycles. The monoisotopic (exact) mass is 758 g/mol. The molecule has 3 aliphatic rings. The molecule has 6 N–H and O–H groups in total. The van der Waals surface area contributed by atoms with Gasteiger partial charge in [-0.1, -0.05) is 60.7 Å². The normalized spacial score (nSPS) is 22.2. The number of likely N-dealkylation sites (N-methyl/N-ethyl adjacent to an activating group) is 1. The van der Waals surface area contributed by atoms with E-state index in [4.69, 9.17) is 9.47 Å². The van der Waals surface area contributed by atoms with Crippen molar-refractivity contribution in [1.82, 2.24) is 10.3 Å². The van der Waals surface area contributed by atoms with Crippen LogP contribution in [0.5, 0.6) is 5.75 Å². The highest BCUT2D eigenvalue weighted by atomic mass is 16.6. The minimum absolute atomic E-state index is 0.0538. The van der Waals surface area contributed by atoms with Gasteiger partial charge in [0, 0.05) is 55.1 Å². The van der Waals surface area contributed by atoms with Gasteiger partial charge in [0.15, 0.2) is 0 Å². The molecule has 0 spiro atoms. The number of piperidine rings is 1. The number of phenols is 1. The number of fused-ring (bicyclic) bond motifs is 6. The van der Waals surface area contributed by atoms with Crippen LogP contribution in [0.4, 0.5) is 16.2 Å². The van der Waals surface area contributed by atoms with Crippen LogP contribution in [-0.2, 0) is 27.2 Å². The number of nitrogens with zero attached hydrogens (tertiary/aromatic N) is 1. The van der Waals surface area contributed by atoms with E-state index >= 15 is 0 Å². The molecular formula is C44H48N5O7+. The summed E-state index contributed by atoms with van der Waals surface area (Å²) in [4.78, 5) is 40.5. The van der Waals surface area contributed by atoms with Crippen molar-refractivity contribution in [3.8, 4) is 16.9 Å². The minimum atomic E-state index is -0.862. The molecule has 8 rings (SSSR count). The van der Waals surface area contributed by atoms with Crippen molar-refractivity contribution in [2.45, 2.75) is 75.1 Å². The number of pyridine rings is 1. The molecule has 0 radical (unpaired) electrons. The molecule has 0 unspecified atom stereocenters. The number of H-pyrrole nitrogens is 1. The minimum Gasteiger partial charge on any atom is -0.506 e. The Kier molecular flexibility index (Phi) is 10.4. The number of hydrogen-bond donors (Lipinski definition) is 6. The van der Waals surface area contributed by atoms with Gasteiger partial charge in [0.25, 0.3) is 0 Å². The number of carbonyl (C=O) groups excluding carboxylic acids is 2. The number of rotatable bonds is 13. The first kappa shape index (κ1) is 37.4. The molecule has 290 valence electrons. The summed E-state index contributed by atoms with van der Waals surface area (Å²) in [6.45, 7) is 0.746. The van der Waals surface area contributed by atoms with Gasteiger partial charge in [-0.3, -0.25) is 14.9 Å². The first-order chi connectivity index (χ1) is 27.0. The Morgan fingerprint density at radius 3 is 2.39 bits per heavy atom. The number of phenolic OH excluding ortho intramolecular Hbond substituents is 1. The van der Waals surface area contributed by atoms with Crippen molar-refractivity contribution in [1.29, 1.82) is 0 Å². The number of amides is 2. The molecule has 0 saturated carbocycles. The predicted molar refractivity (Wildman–Crippen MR) is 214 cm³/mol. The van der Waals surface area contributed by atoms with E-state index < -0.39 is 12.2 Å². The van der Waals surface area contributed by atoms with Gasteiger partial charge in [0.05, 0.1) is 31.4 Å². The molecule has 12 heteroatoms. The fourth-order valence-electron chi connectivity index (χ4n) is 8.71. The highest BCUT2D eigenvalue weighted by Crippen LogP contribution is 2.51. The van der Waals surface area contributed by atoms with Crippen LogP contribution in [0.15, 0.2) is 102 Å². The van der Waals surface area contributed by atoms with Gasteiger partial charge in [0.2, 0.25) is 11.5 Å². The fraction of sp³-hybridized carbons (Fsp3) is 0.341. The molecule has 3 aliphatic heterocycles. The molecule has 5 aromatic rings. The summed E-state index contributed by atoms with van der Waals surface area (Å²) in [5, 5.41) is 30.8. The maximum Gasteiger partial charge on any atom is 0.411 e. The SMILES string of the molecule is C[N+]1(C)[C@@H]2C[C@@H](OC(=O)Nc3cc(CCCC(=O)Nc4ccc(CNC[C@H](O)c5ccc(O)c6[nH]c(=O)ccc56)cc4)ccc3-c3ccccc3)C[C@H]1[C@@H]1O[C@@H]12. The van der Waals surface area contributed by atoms with Gasteiger partial charge in [-0.2, -0.15) is 0 Å². The third kappa shape index (κ3) is 7.92. The van der Waals surface area contributed by atoms with Gasteiger partial charge in [-0.25, -0.2) is 4.79 Å². The predicted octanol–water partition coefficient (Wildman–Crippen LogP) is 5.99. The molecule has 1 aromatic heterocycles. The number of aliphatic hydroxyl groups excluding tert-OH is 1. The fourth-order valence-corrected chi connectivity index (χ4v) is 8.71. The van der Waals surface area contributed by atoms with Crippen LogP contribution in [0, 0.1) is 0 Å². The maximum absolute atomic E-state index is 13.3. The van der Waals surface area contributed by atoms with Crippen LogP contribution in [0.2, 0.25) is 0 Å². The van der Waals surface area contributed by atoms with Gasteiger partial charge in [-0.15, -0.1) is 0 Å². The van der Waals surface area contributed by atoms with E-state index in [0.29, 0.717) is 65.7 Å². The van der Waals surface area contributed by atoms with Crippen LogP contribution < -0.4 is 21.5 Å². The smallest absolute Gasteiger partial charge is 0.411 e. The van der Waals surface area contributed by atoms with Crippen LogP contribution in [0.3, 0.4) is 0 Å². The Morgan fingerprint density at radius 1 is 0.911 bits per heavy atom. The van der Waals surface area contributed by atoms with E-state index in [1.165, 1.54) is 12.1 Å². The highest BCUT2D eigenvalue weighted by molar-refractivity contribution is 5.92. The van der Waals surface area contributed by atoms with Crippen LogP contribution in [0.1, 0.15) is 48.5 Å². The average molecular weight is 759 g/mol. The Morgan fingerprint density at radius 2 is 1.64 bits per heavy atom. The number of nitrogens with one attached hydrogen (secondary N) is 4. The number of aliphatic hydroxyl groups is 1. The Hall–Kier alpha value is -5.53. The van der Waals surface area contributed by atoms with Crippen molar-refractivity contribution >= 4 is 34.3 Å². The number of aromatic hydroxyl groups is 1. The largest absolute Gasteiger partial charge is 0.506 e. The van der Waals surface area contributed by atoms with E-state index in [9.17, 15) is 24.6 Å². The summed E-state index contributed by atoms with van der Waals surface area (Å²) in [5.41, 5.74) is 5.81. The lowest BCUT2D eigenvalue weighted by molar-refractivity contribution is -0.938. The number of carbonyl (C=O) groups is 2. The summed E-state index contributed by atoms with van der Waals surface area (Å²) in [6.07, 6.45) is 2.32. The van der Waals surface area contributed by atoms with Gasteiger partial charge < -0.3 is 39.8 Å². The van der Waals surface area contributed by atoms with E-state index in [1.54, 1.807) is 12.1 Å². The van der Waals surface area contributed by atoms with Crippen LogP contribution in [0.25, 0.3) is 22.0 Å². The molecule has 0 aliphatic carbocycles. The first-order valence-electron chi connectivity index (χ1n) is 19.3. The van der Waals surface area contributed by atoms with Crippen molar-refractivity contribution in [3.05, 3.63) is 124 Å². The molecule has 6 atom stereocenters. The van der Waals surface area contributed by atoms with Crippen LogP contribution in [-0.4, -0.2) is 82.7 Å². The number of aromatic amines is 1. The van der Waals surface area contributed by atoms with E-state index in [2.05, 4.69) is 35.0 Å². The molecule has 4 aromatic carbocycles. The van der Waals surface area contributed by atoms with Crippen molar-refractivity contribution in [2.75, 3.05) is 31.3 Å². The molecule has 4 heterocycles. The lowest BCUT2D eigenvalue weighted by atomic mass is 9.96. The third-order valence-corrected chi connectivity index (χ3v) is 11.8. The summed E-state index contributed by atoms with van der Waals surface area (Å²) in [7, 11) is 4.51. The maximum atomic E-state index is 13.3. The Labute approximate surface area is 325 Å². The van der Waals surface area contributed by atoms with Crippen molar-refractivity contribution in [3.63, 3.8) is 0 Å². The second-order valence-corrected chi connectivity index (χ2v) is 15.7. The molecule has 2 bridgehead atoms. The van der Waals surface area contributed by atoms with Gasteiger partial charge >= 0.3 is 6.09 Å². The zero-order valence-corrected chi connectivity index (χ0v) is 31.5. The summed E-state index contributed by atoms with van der Waals surface area (Å²) < 4.78 is 12.8. The average Bonchev–Trinajstić information content (AvgIpc) is 3.95. The number of epoxide rings is 1. The molecule has 2 amide bonds. The number of morpholine rings is 1. The van der Waals surface area contributed by atoms with Gasteiger partial charge in [-0.05, 0) is 65.4 Å². The number of aryl methyl sites for hydroxylation is 1. The van der Waals surface area contributed by atoms with Crippen molar-refractivity contribution < 1.29 is 33.8 Å². The van der Waals surface area contributed by atoms with E-state index in [1.807, 2.05) is 72.8 Å². The lowest BCUT2D eigenvalue weighted by Gasteiger charge is -2.45. The molecule has 3 fully saturated rings. The number of aromatic nitrogens is 1. The number of quaternary nitrogens is 1. The number of benzene rings is 4. The second-order valence-electron chi connectivity index (χ2n) is 15.7. The highest BCUT2D eigenvalue weighted by Gasteiger charge is 2.70. The first-order valence-corrected chi connectivity index (χ1v) is 19.3. The topological polar surface area (TPSA) is 165 Å². The third-order valence-electron chi connectivity index (χ3n) is 11.8. The molecule has 56 heavy (non-hydrogen) atoms. The standard InChI is InChI=1S/C44H47N5O7/c1-49(2)35-22-30(23-36(49)43-42(35)56-43)55-44(54)47-34-21-26(13-16-31(34)28-8-4-3-5-9-28)7-6-10-39(52)46-29-14-11-27(12-15-29)24-45-25-38(51)32-17-19-37(50)41-33(32)18-20-40(53)48-41/h3-5,8-9,11-21,30,35-36,38,42-43,45,51H,6-7,10,22-25H2,1-2H3,(H3-,46,47,48,50,52,53,54)/p+1/t30-,35-,36+,38-,42-,43+/m0/s1. The molecule has 12 nitrogen and oxygen atoms in total. The number of anilines is 2. The van der Waals surface area contributed by atoms with Crippen LogP contribution >= 0.6 is 0 Å². The lowest BCUT2D eigenvalue weighted by Crippen LogP contribution is -2.60. The van der Waals surface area contributed by atoms with E-state index in [-0.39, 0.29) is 42.1 Å². The summed E-state index contributed by atoms with van der Waals surface area (Å²) in [6, 6.07) is 30.3.